The molecule has 6 heteroatoms. The number of fused-ring (bicyclic) bond motifs is 1. The summed E-state index contributed by atoms with van der Waals surface area (Å²) in [5, 5.41) is 8.59. The maximum atomic E-state index is 12.7. The van der Waals surface area contributed by atoms with Gasteiger partial charge in [-0.05, 0) is 43.1 Å². The van der Waals surface area contributed by atoms with E-state index >= 15 is 0 Å². The van der Waals surface area contributed by atoms with Gasteiger partial charge in [0.05, 0.1) is 12.3 Å². The number of hydrogen-bond donors (Lipinski definition) is 0. The highest BCUT2D eigenvalue weighted by Crippen LogP contribution is 2.59. The molecular weight excluding hydrogens is 328 g/mol. The lowest BCUT2D eigenvalue weighted by Gasteiger charge is -2.56. The molecule has 6 nitrogen and oxygen atoms in total. The molecule has 0 unspecified atom stereocenters. The fraction of sp³-hybridized carbons (Fsp3) is 0.550. The molecule has 0 N–H and O–H groups in total. The summed E-state index contributed by atoms with van der Waals surface area (Å²) in [6, 6.07) is 1.82. The summed E-state index contributed by atoms with van der Waals surface area (Å²) in [5.74, 6) is 1.79. The van der Waals surface area contributed by atoms with Gasteiger partial charge in [0, 0.05) is 25.9 Å². The van der Waals surface area contributed by atoms with E-state index in [4.69, 9.17) is 4.74 Å². The number of carbonyl (C=O) groups is 1. The summed E-state index contributed by atoms with van der Waals surface area (Å²) in [6.45, 7) is 6.96. The Labute approximate surface area is 153 Å². The molecule has 5 rings (SSSR count). The van der Waals surface area contributed by atoms with Crippen molar-refractivity contribution in [3.63, 3.8) is 0 Å². The summed E-state index contributed by atoms with van der Waals surface area (Å²) in [4.78, 5) is 12.7. The molecule has 2 bridgehead atoms. The minimum atomic E-state index is -0.330. The van der Waals surface area contributed by atoms with Gasteiger partial charge in [0.2, 0.25) is 0 Å². The zero-order valence-corrected chi connectivity index (χ0v) is 15.9. The lowest BCUT2D eigenvalue weighted by atomic mass is 9.48. The van der Waals surface area contributed by atoms with Crippen molar-refractivity contribution in [2.75, 3.05) is 6.61 Å². The van der Waals surface area contributed by atoms with E-state index in [9.17, 15) is 4.79 Å². The quantitative estimate of drug-likeness (QED) is 0.609. The highest BCUT2D eigenvalue weighted by Gasteiger charge is 2.50. The Hall–Kier alpha value is -2.37. The van der Waals surface area contributed by atoms with Crippen LogP contribution in [0.4, 0.5) is 0 Å². The van der Waals surface area contributed by atoms with Crippen LogP contribution in [0.2, 0.25) is 0 Å². The van der Waals surface area contributed by atoms with Crippen LogP contribution < -0.4 is 0 Å². The number of allylic oxidation sites excluding steroid dienone is 1. The number of hydrogen-bond acceptors (Lipinski definition) is 4. The first-order chi connectivity index (χ1) is 12.4. The van der Waals surface area contributed by atoms with Crippen molar-refractivity contribution in [3.8, 4) is 5.82 Å². The zero-order valence-electron chi connectivity index (χ0n) is 15.9. The van der Waals surface area contributed by atoms with Crippen LogP contribution in [-0.4, -0.2) is 32.1 Å². The highest BCUT2D eigenvalue weighted by atomic mass is 16.5. The lowest BCUT2D eigenvalue weighted by Crippen LogP contribution is -2.48. The third-order valence-electron chi connectivity index (χ3n) is 6.32. The number of aromatic nitrogens is 4. The van der Waals surface area contributed by atoms with E-state index in [1.165, 1.54) is 12.0 Å². The van der Waals surface area contributed by atoms with Crippen molar-refractivity contribution in [1.82, 2.24) is 19.6 Å². The van der Waals surface area contributed by atoms with E-state index in [2.05, 4.69) is 30.1 Å². The molecule has 2 aromatic heterocycles. The fourth-order valence-electron chi connectivity index (χ4n) is 4.63. The van der Waals surface area contributed by atoms with Gasteiger partial charge in [-0.3, -0.25) is 0 Å². The standard InChI is InChI=1S/C20H26N4O2/c1-13-17(18(23(4)22-13)24-10-5-9-21-24)19(25)26-11-8-14-6-7-15-12-16(14)20(15,2)3/h5-6,9-10,15-16H,7-8,11-12H2,1-4H3/t15-,16-/m0/s1. The Kier molecular flexibility index (Phi) is 4.01. The number of aryl methyl sites for hydroxylation is 2. The van der Waals surface area contributed by atoms with Crippen LogP contribution in [0.1, 0.15) is 49.2 Å². The largest absolute Gasteiger partial charge is 0.462 e. The van der Waals surface area contributed by atoms with E-state index in [-0.39, 0.29) is 5.97 Å². The fourth-order valence-corrected chi connectivity index (χ4v) is 4.63. The number of ether oxygens (including phenoxy) is 1. The van der Waals surface area contributed by atoms with Crippen LogP contribution in [0.3, 0.4) is 0 Å². The molecular formula is C20H26N4O2. The molecule has 0 spiro atoms. The minimum Gasteiger partial charge on any atom is -0.462 e. The van der Waals surface area contributed by atoms with Gasteiger partial charge in [-0.1, -0.05) is 25.5 Å². The lowest BCUT2D eigenvalue weighted by molar-refractivity contribution is -0.0103. The van der Waals surface area contributed by atoms with Crippen LogP contribution in [0.5, 0.6) is 0 Å². The number of esters is 1. The normalized spacial score (nSPS) is 23.3. The van der Waals surface area contributed by atoms with Crippen molar-refractivity contribution in [2.45, 2.75) is 40.0 Å². The minimum absolute atomic E-state index is 0.330. The smallest absolute Gasteiger partial charge is 0.343 e. The number of rotatable bonds is 5. The van der Waals surface area contributed by atoms with Crippen molar-refractivity contribution in [1.29, 1.82) is 0 Å². The molecule has 0 radical (unpaired) electrons. The predicted octanol–water partition coefficient (Wildman–Crippen LogP) is 3.45. The second-order valence-corrected chi connectivity index (χ2v) is 8.07. The molecule has 2 heterocycles. The molecule has 138 valence electrons. The average Bonchev–Trinajstić information content (AvgIpc) is 3.21. The molecule has 0 amide bonds. The predicted molar refractivity (Wildman–Crippen MR) is 98.0 cm³/mol. The maximum Gasteiger partial charge on any atom is 0.343 e. The van der Waals surface area contributed by atoms with E-state index < -0.39 is 0 Å². The third-order valence-corrected chi connectivity index (χ3v) is 6.32. The first-order valence-electron chi connectivity index (χ1n) is 9.29. The summed E-state index contributed by atoms with van der Waals surface area (Å²) >= 11 is 0. The van der Waals surface area contributed by atoms with E-state index in [1.807, 2.05) is 20.0 Å². The molecule has 0 saturated heterocycles. The Morgan fingerprint density at radius 2 is 2.23 bits per heavy atom. The SMILES string of the molecule is Cc1nn(C)c(-n2cccn2)c1C(=O)OCCC1=CC[C@H]2C[C@@H]1C2(C)C. The molecule has 2 atom stereocenters. The Morgan fingerprint density at radius 3 is 2.88 bits per heavy atom. The van der Waals surface area contributed by atoms with Gasteiger partial charge >= 0.3 is 5.97 Å². The van der Waals surface area contributed by atoms with Crippen molar-refractivity contribution in [3.05, 3.63) is 41.4 Å². The number of nitrogens with zero attached hydrogens (tertiary/aromatic N) is 4. The summed E-state index contributed by atoms with van der Waals surface area (Å²) < 4.78 is 8.94. The van der Waals surface area contributed by atoms with Crippen molar-refractivity contribution >= 4 is 5.97 Å². The molecule has 3 aliphatic rings. The molecule has 1 fully saturated rings. The molecule has 1 saturated carbocycles. The van der Waals surface area contributed by atoms with Crippen LogP contribution in [0.15, 0.2) is 30.1 Å². The monoisotopic (exact) mass is 354 g/mol. The Balaban J connectivity index is 1.44. The van der Waals surface area contributed by atoms with Gasteiger partial charge in [-0.2, -0.15) is 10.2 Å². The Morgan fingerprint density at radius 1 is 1.42 bits per heavy atom. The van der Waals surface area contributed by atoms with Gasteiger partial charge < -0.3 is 4.74 Å². The molecule has 3 aliphatic carbocycles. The van der Waals surface area contributed by atoms with Gasteiger partial charge in [-0.25, -0.2) is 14.2 Å². The molecule has 26 heavy (non-hydrogen) atoms. The van der Waals surface area contributed by atoms with Crippen LogP contribution in [-0.2, 0) is 11.8 Å². The first kappa shape index (κ1) is 17.1. The van der Waals surface area contributed by atoms with E-state index in [1.54, 1.807) is 21.8 Å². The molecule has 0 aliphatic heterocycles. The topological polar surface area (TPSA) is 61.9 Å². The first-order valence-corrected chi connectivity index (χ1v) is 9.29. The van der Waals surface area contributed by atoms with Crippen LogP contribution in [0.25, 0.3) is 5.82 Å². The summed E-state index contributed by atoms with van der Waals surface area (Å²) in [6.07, 6.45) is 9.12. The zero-order chi connectivity index (χ0) is 18.5. The van der Waals surface area contributed by atoms with Gasteiger partial charge in [-0.15, -0.1) is 0 Å². The highest BCUT2D eigenvalue weighted by molar-refractivity contribution is 5.94. The van der Waals surface area contributed by atoms with Crippen molar-refractivity contribution in [2.24, 2.45) is 24.3 Å². The average molecular weight is 354 g/mol. The second-order valence-electron chi connectivity index (χ2n) is 8.07. The van der Waals surface area contributed by atoms with E-state index in [0.717, 1.165) is 18.8 Å². The second kappa shape index (κ2) is 6.11. The van der Waals surface area contributed by atoms with E-state index in [0.29, 0.717) is 35.0 Å². The summed E-state index contributed by atoms with van der Waals surface area (Å²) in [7, 11) is 1.81. The third kappa shape index (κ3) is 2.59. The van der Waals surface area contributed by atoms with Crippen LogP contribution in [0, 0.1) is 24.2 Å². The van der Waals surface area contributed by atoms with Gasteiger partial charge in [0.15, 0.2) is 5.82 Å². The molecule has 2 aromatic rings. The van der Waals surface area contributed by atoms with Gasteiger partial charge in [0.25, 0.3) is 0 Å². The van der Waals surface area contributed by atoms with Gasteiger partial charge in [0.1, 0.15) is 5.56 Å². The van der Waals surface area contributed by atoms with Crippen molar-refractivity contribution < 1.29 is 9.53 Å². The van der Waals surface area contributed by atoms with Crippen LogP contribution >= 0.6 is 0 Å². The summed E-state index contributed by atoms with van der Waals surface area (Å²) in [5.41, 5.74) is 3.00. The number of carbonyl (C=O) groups excluding carboxylic acids is 1. The Bertz CT molecular complexity index is 861. The molecule has 0 aromatic carbocycles. The maximum absolute atomic E-state index is 12.7.